The van der Waals surface area contributed by atoms with Gasteiger partial charge in [0.2, 0.25) is 5.91 Å². The van der Waals surface area contributed by atoms with E-state index in [0.717, 1.165) is 61.2 Å². The lowest BCUT2D eigenvalue weighted by Gasteiger charge is -2.35. The van der Waals surface area contributed by atoms with Crippen molar-refractivity contribution in [3.05, 3.63) is 50.9 Å². The van der Waals surface area contributed by atoms with Gasteiger partial charge < -0.3 is 15.0 Å². The smallest absolute Gasteiger partial charge is 0.259 e. The highest BCUT2D eigenvalue weighted by molar-refractivity contribution is 7.18. The van der Waals surface area contributed by atoms with Crippen LogP contribution in [0.1, 0.15) is 55.4 Å². The van der Waals surface area contributed by atoms with Crippen LogP contribution in [0.5, 0.6) is 5.75 Å². The topological polar surface area (TPSA) is 87.3 Å². The van der Waals surface area contributed by atoms with Gasteiger partial charge in [-0.2, -0.15) is 0 Å². The summed E-state index contributed by atoms with van der Waals surface area (Å²) in [6.07, 6.45) is 4.69. The molecule has 5 rings (SSSR count). The number of nitrogens with one attached hydrogen (secondary N) is 2. The highest BCUT2D eigenvalue weighted by Gasteiger charge is 2.30. The monoisotopic (exact) mass is 480 g/mol. The van der Waals surface area contributed by atoms with Gasteiger partial charge in [0.05, 0.1) is 24.2 Å². The Morgan fingerprint density at radius 3 is 2.79 bits per heavy atom. The summed E-state index contributed by atoms with van der Waals surface area (Å²) in [5.74, 6) is 2.04. The quantitative estimate of drug-likeness (QED) is 0.560. The molecule has 3 heterocycles. The largest absolute Gasteiger partial charge is 0.495 e. The average molecular weight is 481 g/mol. The number of methoxy groups -OCH3 is 1. The number of hydrogen-bond donors (Lipinski definition) is 2. The average Bonchev–Trinajstić information content (AvgIpc) is 3.21. The maximum atomic E-state index is 13.0. The van der Waals surface area contributed by atoms with Crippen molar-refractivity contribution in [1.29, 1.82) is 0 Å². The van der Waals surface area contributed by atoms with Crippen molar-refractivity contribution in [3.63, 3.8) is 0 Å². The van der Waals surface area contributed by atoms with E-state index in [4.69, 9.17) is 9.72 Å². The number of ether oxygens (including phenoxy) is 1. The molecule has 1 fully saturated rings. The molecule has 1 saturated heterocycles. The minimum Gasteiger partial charge on any atom is -0.495 e. The number of aryl methyl sites for hydroxylation is 1. The fourth-order valence-electron chi connectivity index (χ4n) is 5.27. The first-order chi connectivity index (χ1) is 16.4. The molecule has 2 aliphatic rings. The molecule has 7 nitrogen and oxygen atoms in total. The standard InChI is InChI=1S/C26H32N4O3S/c1-15-8-9-18-21(14-15)34-26-22(18)25(32)28-23(29-26)16(2)30-12-10-17(11-13-30)24(31)27-19-6-4-5-7-20(19)33-3/h4-7,15-17H,8-14H2,1-3H3,(H,27,31)(H,28,29,32). The molecule has 34 heavy (non-hydrogen) atoms. The van der Waals surface area contributed by atoms with Crippen LogP contribution in [0, 0.1) is 11.8 Å². The van der Waals surface area contributed by atoms with Gasteiger partial charge in [0.1, 0.15) is 16.4 Å². The Hall–Kier alpha value is -2.71. The van der Waals surface area contributed by atoms with Crippen molar-refractivity contribution in [3.8, 4) is 5.75 Å². The number of hydrogen-bond acceptors (Lipinski definition) is 6. The van der Waals surface area contributed by atoms with E-state index in [2.05, 4.69) is 29.0 Å². The summed E-state index contributed by atoms with van der Waals surface area (Å²) in [7, 11) is 1.60. The van der Waals surface area contributed by atoms with Crippen molar-refractivity contribution in [2.75, 3.05) is 25.5 Å². The molecule has 3 aromatic rings. The SMILES string of the molecule is COc1ccccc1NC(=O)C1CCN(C(C)c2nc3sc4c(c3c(=O)[nH]2)CCC(C)C4)CC1. The number of para-hydroxylation sites is 2. The van der Waals surface area contributed by atoms with E-state index in [9.17, 15) is 9.59 Å². The predicted octanol–water partition coefficient (Wildman–Crippen LogP) is 4.53. The second kappa shape index (κ2) is 9.50. The third-order valence-electron chi connectivity index (χ3n) is 7.39. The molecule has 8 heteroatoms. The molecule has 2 N–H and O–H groups in total. The summed E-state index contributed by atoms with van der Waals surface area (Å²) in [6.45, 7) is 5.93. The van der Waals surface area contributed by atoms with Crippen molar-refractivity contribution in [2.45, 2.75) is 52.0 Å². The number of rotatable bonds is 5. The van der Waals surface area contributed by atoms with Crippen LogP contribution in [0.25, 0.3) is 10.2 Å². The molecule has 1 amide bonds. The Kier molecular flexibility index (Phi) is 6.44. The molecule has 0 bridgehead atoms. The molecule has 0 saturated carbocycles. The molecular formula is C26H32N4O3S. The number of carbonyl (C=O) groups excluding carboxylic acids is 1. The summed E-state index contributed by atoms with van der Waals surface area (Å²) in [4.78, 5) is 38.3. The lowest BCUT2D eigenvalue weighted by Crippen LogP contribution is -2.40. The Morgan fingerprint density at radius 1 is 1.26 bits per heavy atom. The molecule has 2 atom stereocenters. The van der Waals surface area contributed by atoms with E-state index in [-0.39, 0.29) is 23.4 Å². The normalized spacial score (nSPS) is 20.1. The summed E-state index contributed by atoms with van der Waals surface area (Å²) >= 11 is 1.69. The first-order valence-electron chi connectivity index (χ1n) is 12.2. The number of piperidine rings is 1. The van der Waals surface area contributed by atoms with Crippen LogP contribution < -0.4 is 15.6 Å². The fraction of sp³-hybridized carbons (Fsp3) is 0.500. The van der Waals surface area contributed by atoms with Crippen LogP contribution in [0.3, 0.4) is 0 Å². The van der Waals surface area contributed by atoms with E-state index >= 15 is 0 Å². The second-order valence-electron chi connectivity index (χ2n) is 9.66. The van der Waals surface area contributed by atoms with E-state index in [1.807, 2.05) is 24.3 Å². The summed E-state index contributed by atoms with van der Waals surface area (Å²) < 4.78 is 5.34. The van der Waals surface area contributed by atoms with Gasteiger partial charge in [0, 0.05) is 10.8 Å². The number of aromatic amines is 1. The number of aromatic nitrogens is 2. The number of anilines is 1. The maximum Gasteiger partial charge on any atom is 0.259 e. The van der Waals surface area contributed by atoms with Gasteiger partial charge in [-0.15, -0.1) is 11.3 Å². The van der Waals surface area contributed by atoms with Gasteiger partial charge in [-0.1, -0.05) is 19.1 Å². The second-order valence-corrected chi connectivity index (χ2v) is 10.7. The van der Waals surface area contributed by atoms with Crippen LogP contribution in [0.15, 0.2) is 29.1 Å². The number of nitrogens with zero attached hydrogens (tertiary/aromatic N) is 2. The van der Waals surface area contributed by atoms with Gasteiger partial charge in [0.15, 0.2) is 0 Å². The van der Waals surface area contributed by atoms with Crippen LogP contribution in [0.4, 0.5) is 5.69 Å². The zero-order chi connectivity index (χ0) is 23.8. The molecule has 0 spiro atoms. The summed E-state index contributed by atoms with van der Waals surface area (Å²) in [5, 5.41) is 3.82. The number of thiophene rings is 1. The van der Waals surface area contributed by atoms with Crippen molar-refractivity contribution in [1.82, 2.24) is 14.9 Å². The Morgan fingerprint density at radius 2 is 2.03 bits per heavy atom. The van der Waals surface area contributed by atoms with Crippen LogP contribution in [-0.4, -0.2) is 41.0 Å². The lowest BCUT2D eigenvalue weighted by molar-refractivity contribution is -0.121. The fourth-order valence-corrected chi connectivity index (χ4v) is 6.66. The Labute approximate surface area is 203 Å². The van der Waals surface area contributed by atoms with Gasteiger partial charge in [-0.25, -0.2) is 4.98 Å². The van der Waals surface area contributed by atoms with Gasteiger partial charge in [0.25, 0.3) is 5.56 Å². The van der Waals surface area contributed by atoms with E-state index < -0.39 is 0 Å². The molecule has 180 valence electrons. The molecule has 0 radical (unpaired) electrons. The molecule has 1 aliphatic carbocycles. The number of H-pyrrole nitrogens is 1. The highest BCUT2D eigenvalue weighted by atomic mass is 32.1. The zero-order valence-electron chi connectivity index (χ0n) is 20.0. The number of amides is 1. The Balaban J connectivity index is 1.26. The van der Waals surface area contributed by atoms with Crippen LogP contribution in [0.2, 0.25) is 0 Å². The first-order valence-corrected chi connectivity index (χ1v) is 13.0. The number of carbonyl (C=O) groups is 1. The third kappa shape index (κ3) is 4.36. The Bertz CT molecular complexity index is 1260. The van der Waals surface area contributed by atoms with Crippen molar-refractivity contribution >= 4 is 33.1 Å². The zero-order valence-corrected chi connectivity index (χ0v) is 20.8. The van der Waals surface area contributed by atoms with Gasteiger partial charge >= 0.3 is 0 Å². The molecule has 2 unspecified atom stereocenters. The molecule has 1 aromatic carbocycles. The predicted molar refractivity (Wildman–Crippen MR) is 136 cm³/mol. The van der Waals surface area contributed by atoms with E-state index in [1.165, 1.54) is 10.4 Å². The van der Waals surface area contributed by atoms with E-state index in [1.54, 1.807) is 18.4 Å². The third-order valence-corrected chi connectivity index (χ3v) is 8.54. The lowest BCUT2D eigenvalue weighted by atomic mass is 9.89. The minimum absolute atomic E-state index is 0.00613. The number of fused-ring (bicyclic) bond motifs is 3. The van der Waals surface area contributed by atoms with Gasteiger partial charge in [-0.05, 0) is 75.7 Å². The van der Waals surface area contributed by atoms with Crippen molar-refractivity contribution in [2.24, 2.45) is 11.8 Å². The molecule has 2 aromatic heterocycles. The first kappa shape index (κ1) is 23.1. The van der Waals surface area contributed by atoms with E-state index in [0.29, 0.717) is 17.4 Å². The summed E-state index contributed by atoms with van der Waals surface area (Å²) in [6, 6.07) is 7.46. The number of likely N-dealkylation sites (tertiary alicyclic amines) is 1. The van der Waals surface area contributed by atoms with Gasteiger partial charge in [-0.3, -0.25) is 14.5 Å². The summed E-state index contributed by atoms with van der Waals surface area (Å²) in [5.41, 5.74) is 1.91. The molecule has 1 aliphatic heterocycles. The minimum atomic E-state index is -0.0474. The number of benzene rings is 1. The van der Waals surface area contributed by atoms with Crippen LogP contribution in [-0.2, 0) is 17.6 Å². The molecular weight excluding hydrogens is 448 g/mol. The van der Waals surface area contributed by atoms with Crippen molar-refractivity contribution < 1.29 is 9.53 Å². The van der Waals surface area contributed by atoms with Crippen LogP contribution >= 0.6 is 11.3 Å². The highest BCUT2D eigenvalue weighted by Crippen LogP contribution is 2.36. The maximum absolute atomic E-state index is 13.0.